The molecular formula is C24H24FN3O3S. The number of morpholine rings is 1. The van der Waals surface area contributed by atoms with Gasteiger partial charge >= 0.3 is 0 Å². The summed E-state index contributed by atoms with van der Waals surface area (Å²) in [6.45, 7) is 4.76. The second kappa shape index (κ2) is 10.4. The van der Waals surface area contributed by atoms with E-state index in [0.29, 0.717) is 50.0 Å². The molecule has 1 aliphatic heterocycles. The van der Waals surface area contributed by atoms with Gasteiger partial charge in [-0.15, -0.1) is 11.3 Å². The molecule has 1 aromatic heterocycles. The smallest absolute Gasteiger partial charge is 0.248 e. The Labute approximate surface area is 190 Å². The van der Waals surface area contributed by atoms with Gasteiger partial charge in [-0.2, -0.15) is 0 Å². The van der Waals surface area contributed by atoms with E-state index in [4.69, 9.17) is 9.47 Å². The summed E-state index contributed by atoms with van der Waals surface area (Å²) in [6, 6.07) is 12.2. The number of para-hydroxylation sites is 1. The first kappa shape index (κ1) is 22.0. The van der Waals surface area contributed by atoms with Crippen LogP contribution in [0.5, 0.6) is 5.75 Å². The maximum atomic E-state index is 14.5. The van der Waals surface area contributed by atoms with Gasteiger partial charge in [-0.05, 0) is 37.3 Å². The van der Waals surface area contributed by atoms with E-state index in [1.807, 2.05) is 41.5 Å². The van der Waals surface area contributed by atoms with Gasteiger partial charge in [-0.25, -0.2) is 9.37 Å². The minimum Gasteiger partial charge on any atom is -0.487 e. The van der Waals surface area contributed by atoms with E-state index in [9.17, 15) is 9.18 Å². The zero-order valence-corrected chi connectivity index (χ0v) is 18.5. The lowest BCUT2D eigenvalue weighted by atomic mass is 10.2. The maximum Gasteiger partial charge on any atom is 0.248 e. The van der Waals surface area contributed by atoms with Gasteiger partial charge in [0.15, 0.2) is 0 Å². The molecule has 1 amide bonds. The van der Waals surface area contributed by atoms with Crippen LogP contribution in [0.2, 0.25) is 0 Å². The Morgan fingerprint density at radius 2 is 2.09 bits per heavy atom. The summed E-state index contributed by atoms with van der Waals surface area (Å²) in [7, 11) is 0. The van der Waals surface area contributed by atoms with Crippen molar-refractivity contribution in [3.05, 3.63) is 76.0 Å². The molecule has 0 bridgehead atoms. The van der Waals surface area contributed by atoms with Gasteiger partial charge in [0.2, 0.25) is 5.91 Å². The van der Waals surface area contributed by atoms with Crippen LogP contribution in [0.15, 0.2) is 53.9 Å². The van der Waals surface area contributed by atoms with Crippen molar-refractivity contribution in [1.82, 2.24) is 4.98 Å². The SMILES string of the molecule is Cc1nc(COc2ccccc2/C=C/C(=O)Nc2ccc(N3CCOCC3)c(F)c2)cs1. The summed E-state index contributed by atoms with van der Waals surface area (Å²) >= 11 is 1.58. The van der Waals surface area contributed by atoms with E-state index in [1.54, 1.807) is 29.5 Å². The molecule has 166 valence electrons. The molecule has 0 unspecified atom stereocenters. The molecule has 2 heterocycles. The van der Waals surface area contributed by atoms with Crippen molar-refractivity contribution in [2.24, 2.45) is 0 Å². The van der Waals surface area contributed by atoms with E-state index < -0.39 is 0 Å². The number of nitrogens with zero attached hydrogens (tertiary/aromatic N) is 2. The van der Waals surface area contributed by atoms with E-state index in [0.717, 1.165) is 16.3 Å². The molecule has 6 nitrogen and oxygen atoms in total. The first-order chi connectivity index (χ1) is 15.6. The second-order valence-corrected chi connectivity index (χ2v) is 8.33. The minimum absolute atomic E-state index is 0.353. The summed E-state index contributed by atoms with van der Waals surface area (Å²) in [5.74, 6) is -0.0683. The predicted octanol–water partition coefficient (Wildman–Crippen LogP) is 4.66. The van der Waals surface area contributed by atoms with Crippen LogP contribution >= 0.6 is 11.3 Å². The molecule has 0 saturated carbocycles. The Bertz CT molecular complexity index is 1110. The second-order valence-electron chi connectivity index (χ2n) is 7.27. The fourth-order valence-corrected chi connectivity index (χ4v) is 3.97. The molecular weight excluding hydrogens is 429 g/mol. The number of ether oxygens (including phenoxy) is 2. The quantitative estimate of drug-likeness (QED) is 0.527. The maximum absolute atomic E-state index is 14.5. The predicted molar refractivity (Wildman–Crippen MR) is 125 cm³/mol. The number of thiazole rings is 1. The van der Waals surface area contributed by atoms with Gasteiger partial charge < -0.3 is 19.7 Å². The number of aromatic nitrogens is 1. The van der Waals surface area contributed by atoms with Crippen molar-refractivity contribution in [2.75, 3.05) is 36.5 Å². The van der Waals surface area contributed by atoms with E-state index >= 15 is 0 Å². The van der Waals surface area contributed by atoms with Crippen LogP contribution in [0, 0.1) is 12.7 Å². The fourth-order valence-electron chi connectivity index (χ4n) is 3.37. The highest BCUT2D eigenvalue weighted by Gasteiger charge is 2.15. The summed E-state index contributed by atoms with van der Waals surface area (Å²) in [6.07, 6.45) is 3.08. The third-order valence-electron chi connectivity index (χ3n) is 4.94. The van der Waals surface area contributed by atoms with Crippen LogP contribution in [-0.4, -0.2) is 37.2 Å². The molecule has 8 heteroatoms. The minimum atomic E-state index is -0.371. The summed E-state index contributed by atoms with van der Waals surface area (Å²) in [5.41, 5.74) is 2.55. The molecule has 32 heavy (non-hydrogen) atoms. The van der Waals surface area contributed by atoms with Crippen molar-refractivity contribution in [1.29, 1.82) is 0 Å². The van der Waals surface area contributed by atoms with Crippen LogP contribution < -0.4 is 15.0 Å². The highest BCUT2D eigenvalue weighted by molar-refractivity contribution is 7.09. The number of benzene rings is 2. The standard InChI is InChI=1S/C24H24FN3O3S/c1-17-26-20(16-32-17)15-31-23-5-3-2-4-18(23)6-9-24(29)27-19-7-8-22(21(25)14-19)28-10-12-30-13-11-28/h2-9,14,16H,10-13,15H2,1H3,(H,27,29)/b9-6+. The Hall–Kier alpha value is -3.23. The normalized spacial score (nSPS) is 14.0. The third-order valence-corrected chi connectivity index (χ3v) is 5.76. The highest BCUT2D eigenvalue weighted by Crippen LogP contribution is 2.24. The lowest BCUT2D eigenvalue weighted by molar-refractivity contribution is -0.111. The number of carbonyl (C=O) groups is 1. The van der Waals surface area contributed by atoms with Crippen molar-refractivity contribution < 1.29 is 18.7 Å². The van der Waals surface area contributed by atoms with Gasteiger partial charge in [0, 0.05) is 35.8 Å². The number of amides is 1. The van der Waals surface area contributed by atoms with E-state index in [-0.39, 0.29) is 11.7 Å². The van der Waals surface area contributed by atoms with Crippen molar-refractivity contribution >= 4 is 34.7 Å². The van der Waals surface area contributed by atoms with E-state index in [1.165, 1.54) is 12.1 Å². The Balaban J connectivity index is 1.38. The zero-order chi connectivity index (χ0) is 22.3. The number of halogens is 1. The van der Waals surface area contributed by atoms with Gasteiger partial charge in [-0.3, -0.25) is 4.79 Å². The number of carbonyl (C=O) groups excluding carboxylic acids is 1. The third kappa shape index (κ3) is 5.72. The summed E-state index contributed by atoms with van der Waals surface area (Å²) in [4.78, 5) is 18.7. The average Bonchev–Trinajstić information content (AvgIpc) is 3.22. The molecule has 1 fully saturated rings. The number of hydrogen-bond donors (Lipinski definition) is 1. The van der Waals surface area contributed by atoms with Gasteiger partial charge in [0.1, 0.15) is 18.2 Å². The average molecular weight is 454 g/mol. The lowest BCUT2D eigenvalue weighted by Gasteiger charge is -2.29. The molecule has 4 rings (SSSR count). The van der Waals surface area contributed by atoms with Crippen LogP contribution in [0.3, 0.4) is 0 Å². The van der Waals surface area contributed by atoms with Crippen LogP contribution in [0.4, 0.5) is 15.8 Å². The lowest BCUT2D eigenvalue weighted by Crippen LogP contribution is -2.36. The Morgan fingerprint density at radius 1 is 1.28 bits per heavy atom. The highest BCUT2D eigenvalue weighted by atomic mass is 32.1. The first-order valence-corrected chi connectivity index (χ1v) is 11.2. The Kier molecular flexibility index (Phi) is 7.14. The van der Waals surface area contributed by atoms with Crippen LogP contribution in [0.1, 0.15) is 16.3 Å². The molecule has 1 N–H and O–H groups in total. The topological polar surface area (TPSA) is 63.7 Å². The molecule has 1 saturated heterocycles. The number of rotatable bonds is 7. The molecule has 0 radical (unpaired) electrons. The van der Waals surface area contributed by atoms with Crippen LogP contribution in [0.25, 0.3) is 6.08 Å². The van der Waals surface area contributed by atoms with Gasteiger partial charge in [-0.1, -0.05) is 18.2 Å². The van der Waals surface area contributed by atoms with Crippen molar-refractivity contribution in [2.45, 2.75) is 13.5 Å². The molecule has 0 atom stereocenters. The number of hydrogen-bond acceptors (Lipinski definition) is 6. The summed E-state index contributed by atoms with van der Waals surface area (Å²) in [5, 5.41) is 5.66. The molecule has 1 aliphatic rings. The number of nitrogens with one attached hydrogen (secondary N) is 1. The van der Waals surface area contributed by atoms with Crippen molar-refractivity contribution in [3.63, 3.8) is 0 Å². The number of anilines is 2. The number of aryl methyl sites for hydroxylation is 1. The first-order valence-electron chi connectivity index (χ1n) is 10.3. The van der Waals surface area contributed by atoms with Crippen molar-refractivity contribution in [3.8, 4) is 5.75 Å². The monoisotopic (exact) mass is 453 g/mol. The fraction of sp³-hybridized carbons (Fsp3) is 0.250. The van der Waals surface area contributed by atoms with E-state index in [2.05, 4.69) is 10.3 Å². The molecule has 3 aromatic rings. The molecule has 2 aromatic carbocycles. The van der Waals surface area contributed by atoms with Crippen LogP contribution in [-0.2, 0) is 16.1 Å². The molecule has 0 aliphatic carbocycles. The van der Waals surface area contributed by atoms with Gasteiger partial charge in [0.25, 0.3) is 0 Å². The summed E-state index contributed by atoms with van der Waals surface area (Å²) < 4.78 is 25.7. The van der Waals surface area contributed by atoms with Gasteiger partial charge in [0.05, 0.1) is 29.6 Å². The molecule has 0 spiro atoms. The Morgan fingerprint density at radius 3 is 2.84 bits per heavy atom. The largest absolute Gasteiger partial charge is 0.487 e. The zero-order valence-electron chi connectivity index (χ0n) is 17.7.